The molecule has 43 heavy (non-hydrogen) atoms. The molecule has 2 aromatic rings. The molecule has 1 aromatic heterocycles. The van der Waals surface area contributed by atoms with Crippen molar-refractivity contribution in [1.29, 1.82) is 0 Å². The number of hydrogen-bond donors (Lipinski definition) is 1. The minimum absolute atomic E-state index is 0.0462. The van der Waals surface area contributed by atoms with Crippen LogP contribution in [-0.2, 0) is 20.9 Å². The summed E-state index contributed by atoms with van der Waals surface area (Å²) < 4.78 is 13.3. The molecule has 1 N–H and O–H groups in total. The SMILES string of the molecule is CC(Oc1cccc2c1C(=O)N(C1CCC(=O)NC1=O)C2=O)c1cn(CCCN2CCN(C(=O)OC(C)(C)C)CC2)nn1. The van der Waals surface area contributed by atoms with Gasteiger partial charge in [-0.1, -0.05) is 11.3 Å². The molecule has 14 heteroatoms. The molecule has 0 saturated carbocycles. The van der Waals surface area contributed by atoms with Gasteiger partial charge in [0, 0.05) is 45.7 Å². The van der Waals surface area contributed by atoms with E-state index in [-0.39, 0.29) is 35.8 Å². The van der Waals surface area contributed by atoms with Gasteiger partial charge in [0.25, 0.3) is 11.8 Å². The first-order valence-electron chi connectivity index (χ1n) is 14.5. The number of ether oxygens (including phenoxy) is 2. The van der Waals surface area contributed by atoms with Gasteiger partial charge in [0.05, 0.1) is 17.3 Å². The van der Waals surface area contributed by atoms with Crippen LogP contribution < -0.4 is 10.1 Å². The molecule has 0 aliphatic carbocycles. The number of imide groups is 2. The van der Waals surface area contributed by atoms with E-state index in [2.05, 4.69) is 20.5 Å². The number of carbonyl (C=O) groups is 5. The lowest BCUT2D eigenvalue weighted by Crippen LogP contribution is -2.54. The Morgan fingerprint density at radius 3 is 2.51 bits per heavy atom. The van der Waals surface area contributed by atoms with Crippen molar-refractivity contribution >= 4 is 29.7 Å². The second-order valence-corrected chi connectivity index (χ2v) is 12.0. The Hall–Kier alpha value is -4.33. The summed E-state index contributed by atoms with van der Waals surface area (Å²) in [4.78, 5) is 67.6. The Morgan fingerprint density at radius 1 is 1.07 bits per heavy atom. The minimum Gasteiger partial charge on any atom is -0.483 e. The molecule has 2 unspecified atom stereocenters. The van der Waals surface area contributed by atoms with E-state index in [0.717, 1.165) is 31.0 Å². The first-order chi connectivity index (χ1) is 20.4. The summed E-state index contributed by atoms with van der Waals surface area (Å²) in [6.45, 7) is 11.6. The Bertz CT molecular complexity index is 1420. The van der Waals surface area contributed by atoms with Crippen molar-refractivity contribution in [2.24, 2.45) is 0 Å². The van der Waals surface area contributed by atoms with Crippen LogP contribution in [0.1, 0.15) is 79.5 Å². The molecule has 230 valence electrons. The van der Waals surface area contributed by atoms with Gasteiger partial charge in [-0.15, -0.1) is 5.10 Å². The maximum atomic E-state index is 13.3. The van der Waals surface area contributed by atoms with Crippen LogP contribution in [0.4, 0.5) is 4.79 Å². The summed E-state index contributed by atoms with van der Waals surface area (Å²) in [5.41, 5.74) is 0.282. The zero-order chi connectivity index (χ0) is 30.9. The van der Waals surface area contributed by atoms with E-state index >= 15 is 0 Å². The number of rotatable bonds is 8. The second-order valence-electron chi connectivity index (χ2n) is 12.0. The second kappa shape index (κ2) is 12.1. The van der Waals surface area contributed by atoms with E-state index in [4.69, 9.17) is 9.47 Å². The predicted octanol–water partition coefficient (Wildman–Crippen LogP) is 1.76. The molecule has 2 atom stereocenters. The summed E-state index contributed by atoms with van der Waals surface area (Å²) in [6.07, 6.45) is 1.90. The van der Waals surface area contributed by atoms with E-state index in [1.54, 1.807) is 34.8 Å². The van der Waals surface area contributed by atoms with Gasteiger partial charge in [-0.25, -0.2) is 4.79 Å². The molecule has 0 bridgehead atoms. The third-order valence-electron chi connectivity index (χ3n) is 7.59. The molecule has 2 saturated heterocycles. The molecule has 3 aliphatic rings. The summed E-state index contributed by atoms with van der Waals surface area (Å²) in [7, 11) is 0. The van der Waals surface area contributed by atoms with Gasteiger partial charge < -0.3 is 14.4 Å². The van der Waals surface area contributed by atoms with Crippen LogP contribution in [0.2, 0.25) is 0 Å². The Kier molecular flexibility index (Phi) is 8.49. The molecule has 0 spiro atoms. The van der Waals surface area contributed by atoms with Crippen LogP contribution >= 0.6 is 0 Å². The average molecular weight is 596 g/mol. The highest BCUT2D eigenvalue weighted by molar-refractivity contribution is 6.24. The number of piperazine rings is 1. The summed E-state index contributed by atoms with van der Waals surface area (Å²) in [5, 5.41) is 10.6. The van der Waals surface area contributed by atoms with Crippen LogP contribution in [0.25, 0.3) is 0 Å². The number of nitrogens with one attached hydrogen (secondary N) is 1. The maximum absolute atomic E-state index is 13.3. The van der Waals surface area contributed by atoms with Crippen LogP contribution in [0, 0.1) is 0 Å². The van der Waals surface area contributed by atoms with Gasteiger partial charge in [-0.3, -0.25) is 39.0 Å². The van der Waals surface area contributed by atoms with Gasteiger partial charge in [-0.2, -0.15) is 0 Å². The average Bonchev–Trinajstić information content (AvgIpc) is 3.52. The Labute approximate surface area is 249 Å². The number of nitrogens with zero attached hydrogens (tertiary/aromatic N) is 6. The number of aromatic nitrogens is 3. The van der Waals surface area contributed by atoms with E-state index in [1.165, 1.54) is 6.07 Å². The lowest BCUT2D eigenvalue weighted by atomic mass is 10.0. The smallest absolute Gasteiger partial charge is 0.410 e. The highest BCUT2D eigenvalue weighted by Gasteiger charge is 2.46. The summed E-state index contributed by atoms with van der Waals surface area (Å²) in [5.74, 6) is -2.11. The van der Waals surface area contributed by atoms with Crippen LogP contribution in [0.5, 0.6) is 5.75 Å². The van der Waals surface area contributed by atoms with Gasteiger partial charge in [0.2, 0.25) is 11.8 Å². The molecule has 1 aromatic carbocycles. The van der Waals surface area contributed by atoms with Crippen molar-refractivity contribution in [2.75, 3.05) is 32.7 Å². The molecule has 5 amide bonds. The Balaban J connectivity index is 1.13. The third kappa shape index (κ3) is 6.69. The number of benzene rings is 1. The van der Waals surface area contributed by atoms with Crippen molar-refractivity contribution in [3.05, 3.63) is 41.2 Å². The monoisotopic (exact) mass is 595 g/mol. The van der Waals surface area contributed by atoms with Gasteiger partial charge >= 0.3 is 6.09 Å². The fourth-order valence-electron chi connectivity index (χ4n) is 5.38. The molecule has 4 heterocycles. The molecule has 5 rings (SSSR count). The first-order valence-corrected chi connectivity index (χ1v) is 14.5. The summed E-state index contributed by atoms with van der Waals surface area (Å²) in [6, 6.07) is 3.68. The highest BCUT2D eigenvalue weighted by atomic mass is 16.6. The molecular formula is C29H37N7O7. The van der Waals surface area contributed by atoms with Crippen molar-refractivity contribution in [3.63, 3.8) is 0 Å². The standard InChI is InChI=1S/C29H37N7O7/c1-18(20-17-35(32-31-20)12-6-11-33-13-15-34(16-14-33)28(41)43-29(2,3)4)42-22-8-5-7-19-24(22)27(40)36(26(19)39)21-9-10-23(37)30-25(21)38/h5,7-8,17-18,21H,6,9-16H2,1-4H3,(H,30,37,38). The molecule has 2 fully saturated rings. The zero-order valence-electron chi connectivity index (χ0n) is 24.9. The van der Waals surface area contributed by atoms with Crippen molar-refractivity contribution in [3.8, 4) is 5.75 Å². The Morgan fingerprint density at radius 2 is 1.81 bits per heavy atom. The number of carbonyl (C=O) groups excluding carboxylic acids is 5. The van der Waals surface area contributed by atoms with Crippen molar-refractivity contribution in [1.82, 2.24) is 35.0 Å². The first kappa shape index (κ1) is 30.1. The summed E-state index contributed by atoms with van der Waals surface area (Å²) >= 11 is 0. The molecule has 14 nitrogen and oxygen atoms in total. The highest BCUT2D eigenvalue weighted by Crippen LogP contribution is 2.35. The van der Waals surface area contributed by atoms with Crippen molar-refractivity contribution in [2.45, 2.75) is 71.2 Å². The van der Waals surface area contributed by atoms with E-state index in [1.807, 2.05) is 20.8 Å². The number of amides is 5. The van der Waals surface area contributed by atoms with E-state index in [9.17, 15) is 24.0 Å². The maximum Gasteiger partial charge on any atom is 0.410 e. The topological polar surface area (TPSA) is 156 Å². The van der Waals surface area contributed by atoms with Crippen LogP contribution in [0.3, 0.4) is 0 Å². The lowest BCUT2D eigenvalue weighted by molar-refractivity contribution is -0.136. The quantitative estimate of drug-likeness (QED) is 0.446. The van der Waals surface area contributed by atoms with Crippen molar-refractivity contribution < 1.29 is 33.4 Å². The van der Waals surface area contributed by atoms with Crippen LogP contribution in [-0.4, -0.2) is 104 Å². The van der Waals surface area contributed by atoms with Gasteiger partial charge in [0.1, 0.15) is 29.2 Å². The number of hydrogen-bond acceptors (Lipinski definition) is 10. The van der Waals surface area contributed by atoms with Gasteiger partial charge in [-0.05, 0) is 52.7 Å². The molecule has 3 aliphatic heterocycles. The number of fused-ring (bicyclic) bond motifs is 1. The lowest BCUT2D eigenvalue weighted by Gasteiger charge is -2.35. The normalized spacial score (nSPS) is 20.2. The molecular weight excluding hydrogens is 558 g/mol. The zero-order valence-corrected chi connectivity index (χ0v) is 24.9. The fraction of sp³-hybridized carbons (Fsp3) is 0.552. The van der Waals surface area contributed by atoms with E-state index in [0.29, 0.717) is 25.3 Å². The molecule has 0 radical (unpaired) electrons. The minimum atomic E-state index is -1.05. The van der Waals surface area contributed by atoms with Crippen LogP contribution in [0.15, 0.2) is 24.4 Å². The van der Waals surface area contributed by atoms with E-state index < -0.39 is 41.4 Å². The fourth-order valence-corrected chi connectivity index (χ4v) is 5.38. The number of aryl methyl sites for hydroxylation is 1. The predicted molar refractivity (Wildman–Crippen MR) is 151 cm³/mol. The largest absolute Gasteiger partial charge is 0.483 e. The third-order valence-corrected chi connectivity index (χ3v) is 7.59. The number of piperidine rings is 1. The van der Waals surface area contributed by atoms with Gasteiger partial charge in [0.15, 0.2) is 0 Å².